The van der Waals surface area contributed by atoms with Gasteiger partial charge >= 0.3 is 5.97 Å². The summed E-state index contributed by atoms with van der Waals surface area (Å²) in [6.07, 6.45) is 0.975. The second-order valence-corrected chi connectivity index (χ2v) is 1.83. The van der Waals surface area contributed by atoms with Crippen LogP contribution in [-0.2, 0) is 9.53 Å². The zero-order valence-electron chi connectivity index (χ0n) is 6.05. The van der Waals surface area contributed by atoms with Gasteiger partial charge in [-0.25, -0.2) is 4.79 Å². The third-order valence-corrected chi connectivity index (χ3v) is 0.893. The first kappa shape index (κ1) is 8.75. The van der Waals surface area contributed by atoms with Crippen molar-refractivity contribution in [2.75, 3.05) is 7.11 Å². The lowest BCUT2D eigenvalue weighted by Gasteiger charge is -1.95. The second kappa shape index (κ2) is 3.71. The highest BCUT2D eigenvalue weighted by Gasteiger charge is 1.98. The predicted molar refractivity (Wildman–Crippen MR) is 37.5 cm³/mol. The van der Waals surface area contributed by atoms with Crippen molar-refractivity contribution < 1.29 is 14.6 Å². The van der Waals surface area contributed by atoms with Gasteiger partial charge in [0.1, 0.15) is 5.76 Å². The molecule has 0 amide bonds. The van der Waals surface area contributed by atoms with E-state index in [4.69, 9.17) is 5.11 Å². The van der Waals surface area contributed by atoms with Crippen molar-refractivity contribution in [1.82, 2.24) is 0 Å². The smallest absolute Gasteiger partial charge is 0.334 e. The molecule has 0 aliphatic heterocycles. The molecule has 0 bridgehead atoms. The fraction of sp³-hybridized carbons (Fsp3) is 0.286. The first-order chi connectivity index (χ1) is 4.57. The number of hydrogen-bond donors (Lipinski definition) is 1. The van der Waals surface area contributed by atoms with Crippen LogP contribution in [0.1, 0.15) is 6.92 Å². The molecule has 0 aliphatic rings. The Bertz CT molecular complexity index is 179. The normalized spacial score (nSPS) is 10.8. The SMILES string of the molecule is C=C(C)C(O)=CC(=O)OC. The zero-order valence-corrected chi connectivity index (χ0v) is 6.05. The number of esters is 1. The molecule has 1 N–H and O–H groups in total. The molecule has 0 aliphatic carbocycles. The zero-order chi connectivity index (χ0) is 8.15. The van der Waals surface area contributed by atoms with E-state index in [2.05, 4.69) is 11.3 Å². The van der Waals surface area contributed by atoms with Gasteiger partial charge in [-0.15, -0.1) is 0 Å². The summed E-state index contributed by atoms with van der Waals surface area (Å²) in [5.41, 5.74) is 0.436. The molecule has 0 radical (unpaired) electrons. The number of carbonyl (C=O) groups is 1. The minimum absolute atomic E-state index is 0.146. The third-order valence-electron chi connectivity index (χ3n) is 0.893. The monoisotopic (exact) mass is 142 g/mol. The highest BCUT2D eigenvalue weighted by Crippen LogP contribution is 2.00. The van der Waals surface area contributed by atoms with E-state index < -0.39 is 5.97 Å². The Morgan fingerprint density at radius 1 is 1.70 bits per heavy atom. The average molecular weight is 142 g/mol. The third kappa shape index (κ3) is 2.91. The van der Waals surface area contributed by atoms with Crippen LogP contribution in [-0.4, -0.2) is 18.2 Å². The van der Waals surface area contributed by atoms with Gasteiger partial charge in [0.05, 0.1) is 13.2 Å². The average Bonchev–Trinajstić information content (AvgIpc) is 1.87. The van der Waals surface area contributed by atoms with Crippen molar-refractivity contribution in [1.29, 1.82) is 0 Å². The lowest BCUT2D eigenvalue weighted by atomic mass is 10.3. The van der Waals surface area contributed by atoms with Crippen molar-refractivity contribution in [3.63, 3.8) is 0 Å². The highest BCUT2D eigenvalue weighted by atomic mass is 16.5. The van der Waals surface area contributed by atoms with Crippen LogP contribution in [0.4, 0.5) is 0 Å². The lowest BCUT2D eigenvalue weighted by Crippen LogP contribution is -1.97. The molecule has 3 heteroatoms. The van der Waals surface area contributed by atoms with E-state index in [0.717, 1.165) is 6.08 Å². The van der Waals surface area contributed by atoms with Crippen LogP contribution in [0.3, 0.4) is 0 Å². The Kier molecular flexibility index (Phi) is 3.25. The summed E-state index contributed by atoms with van der Waals surface area (Å²) in [5, 5.41) is 8.89. The van der Waals surface area contributed by atoms with Crippen molar-refractivity contribution in [3.05, 3.63) is 24.0 Å². The first-order valence-electron chi connectivity index (χ1n) is 2.72. The Labute approximate surface area is 59.6 Å². The van der Waals surface area contributed by atoms with Crippen molar-refractivity contribution in [2.24, 2.45) is 0 Å². The van der Waals surface area contributed by atoms with Crippen molar-refractivity contribution in [2.45, 2.75) is 6.92 Å². The molecular formula is C7H10O3. The minimum atomic E-state index is -0.583. The Morgan fingerprint density at radius 2 is 2.20 bits per heavy atom. The van der Waals surface area contributed by atoms with E-state index >= 15 is 0 Å². The number of rotatable bonds is 2. The molecule has 0 spiro atoms. The second-order valence-electron chi connectivity index (χ2n) is 1.83. The fourth-order valence-corrected chi connectivity index (χ4v) is 0.294. The van der Waals surface area contributed by atoms with Crippen LogP contribution in [0.2, 0.25) is 0 Å². The minimum Gasteiger partial charge on any atom is -0.507 e. The highest BCUT2D eigenvalue weighted by molar-refractivity contribution is 5.82. The summed E-state index contributed by atoms with van der Waals surface area (Å²) >= 11 is 0. The largest absolute Gasteiger partial charge is 0.507 e. The summed E-state index contributed by atoms with van der Waals surface area (Å²) in [6.45, 7) is 5.01. The van der Waals surface area contributed by atoms with Gasteiger partial charge < -0.3 is 9.84 Å². The van der Waals surface area contributed by atoms with Gasteiger partial charge in [0.15, 0.2) is 0 Å². The maximum absolute atomic E-state index is 10.4. The summed E-state index contributed by atoms with van der Waals surface area (Å²) in [6, 6.07) is 0. The summed E-state index contributed by atoms with van der Waals surface area (Å²) in [5.74, 6) is -0.729. The lowest BCUT2D eigenvalue weighted by molar-refractivity contribution is -0.135. The van der Waals surface area contributed by atoms with Gasteiger partial charge in [-0.3, -0.25) is 0 Å². The van der Waals surface area contributed by atoms with Crippen LogP contribution in [0.15, 0.2) is 24.0 Å². The van der Waals surface area contributed by atoms with E-state index in [1.54, 1.807) is 6.92 Å². The molecule has 0 saturated carbocycles. The molecule has 0 aromatic heterocycles. The standard InChI is InChI=1S/C7H10O3/c1-5(2)6(8)4-7(9)10-3/h4,8H,1H2,2-3H3. The molecule has 0 heterocycles. The molecule has 0 unspecified atom stereocenters. The van der Waals surface area contributed by atoms with Gasteiger partial charge in [0.25, 0.3) is 0 Å². The van der Waals surface area contributed by atoms with E-state index in [1.807, 2.05) is 0 Å². The van der Waals surface area contributed by atoms with Crippen molar-refractivity contribution >= 4 is 5.97 Å². The van der Waals surface area contributed by atoms with Crippen LogP contribution < -0.4 is 0 Å². The molecule has 0 saturated heterocycles. The number of hydrogen-bond acceptors (Lipinski definition) is 3. The molecule has 3 nitrogen and oxygen atoms in total. The van der Waals surface area contributed by atoms with Crippen molar-refractivity contribution in [3.8, 4) is 0 Å². The number of aliphatic hydroxyl groups is 1. The Balaban J connectivity index is 4.16. The topological polar surface area (TPSA) is 46.5 Å². The van der Waals surface area contributed by atoms with Crippen LogP contribution in [0.25, 0.3) is 0 Å². The van der Waals surface area contributed by atoms with Crippen LogP contribution in [0.5, 0.6) is 0 Å². The van der Waals surface area contributed by atoms with E-state index in [1.165, 1.54) is 7.11 Å². The molecular weight excluding hydrogens is 132 g/mol. The van der Waals surface area contributed by atoms with Gasteiger partial charge in [-0.1, -0.05) is 6.58 Å². The Morgan fingerprint density at radius 3 is 2.50 bits per heavy atom. The number of methoxy groups -OCH3 is 1. The van der Waals surface area contributed by atoms with E-state index in [9.17, 15) is 4.79 Å². The van der Waals surface area contributed by atoms with Crippen LogP contribution in [0, 0.1) is 0 Å². The number of allylic oxidation sites excluding steroid dienone is 1. The summed E-state index contributed by atoms with van der Waals surface area (Å²) < 4.78 is 4.25. The van der Waals surface area contributed by atoms with Gasteiger partial charge in [-0.2, -0.15) is 0 Å². The van der Waals surface area contributed by atoms with E-state index in [-0.39, 0.29) is 5.76 Å². The maximum atomic E-state index is 10.4. The summed E-state index contributed by atoms with van der Waals surface area (Å²) in [4.78, 5) is 10.4. The quantitative estimate of drug-likeness (QED) is 0.272. The van der Waals surface area contributed by atoms with Gasteiger partial charge in [0.2, 0.25) is 0 Å². The molecule has 56 valence electrons. The number of carbonyl (C=O) groups excluding carboxylic acids is 1. The van der Waals surface area contributed by atoms with E-state index in [0.29, 0.717) is 5.57 Å². The summed E-state index contributed by atoms with van der Waals surface area (Å²) in [7, 11) is 1.24. The molecule has 0 rings (SSSR count). The molecule has 0 atom stereocenters. The molecule has 0 aromatic carbocycles. The van der Waals surface area contributed by atoms with Crippen LogP contribution >= 0.6 is 0 Å². The first-order valence-corrected chi connectivity index (χ1v) is 2.72. The maximum Gasteiger partial charge on any atom is 0.334 e. The fourth-order valence-electron chi connectivity index (χ4n) is 0.294. The number of aliphatic hydroxyl groups excluding tert-OH is 1. The van der Waals surface area contributed by atoms with Gasteiger partial charge in [0, 0.05) is 0 Å². The van der Waals surface area contributed by atoms with Gasteiger partial charge in [-0.05, 0) is 12.5 Å². The number of ether oxygens (including phenoxy) is 1. The Hall–Kier alpha value is -1.25. The molecule has 0 fully saturated rings. The molecule has 10 heavy (non-hydrogen) atoms. The predicted octanol–water partition coefficient (Wildman–Crippen LogP) is 1.18. The molecule has 0 aromatic rings.